The largest absolute Gasteiger partial charge is 0.360 e. The zero-order valence-corrected chi connectivity index (χ0v) is 9.81. The van der Waals surface area contributed by atoms with Crippen LogP contribution in [0.15, 0.2) is 39.8 Å². The van der Waals surface area contributed by atoms with Crippen LogP contribution in [0.3, 0.4) is 0 Å². The summed E-state index contributed by atoms with van der Waals surface area (Å²) >= 11 is 7.68. The topological polar surface area (TPSA) is 26.0 Å². The summed E-state index contributed by atoms with van der Waals surface area (Å²) in [4.78, 5) is 1.06. The predicted molar refractivity (Wildman–Crippen MR) is 62.3 cm³/mol. The fourth-order valence-electron chi connectivity index (χ4n) is 1.19. The van der Waals surface area contributed by atoms with Crippen molar-refractivity contribution in [3.63, 3.8) is 0 Å². The van der Waals surface area contributed by atoms with Gasteiger partial charge in [0.2, 0.25) is 0 Å². The second-order valence-corrected chi connectivity index (χ2v) is 4.58. The molecule has 0 saturated heterocycles. The molecule has 0 aliphatic carbocycles. The van der Waals surface area contributed by atoms with Gasteiger partial charge in [-0.25, -0.2) is 0 Å². The summed E-state index contributed by atoms with van der Waals surface area (Å²) in [5, 5.41) is 4.61. The van der Waals surface area contributed by atoms with Gasteiger partial charge in [0.15, 0.2) is 0 Å². The van der Waals surface area contributed by atoms with Gasteiger partial charge in [0.1, 0.15) is 5.76 Å². The minimum atomic E-state index is 0.755. The lowest BCUT2D eigenvalue weighted by Gasteiger charge is -2.00. The molecule has 1 heterocycles. The molecule has 0 N–H and O–H groups in total. The average molecular weight is 240 g/mol. The fraction of sp³-hybridized carbons (Fsp3) is 0.182. The van der Waals surface area contributed by atoms with Gasteiger partial charge in [-0.2, -0.15) is 0 Å². The molecule has 0 aliphatic rings. The van der Waals surface area contributed by atoms with Crippen LogP contribution < -0.4 is 0 Å². The molecule has 0 atom stereocenters. The minimum absolute atomic E-state index is 0.755. The van der Waals surface area contributed by atoms with E-state index in [0.29, 0.717) is 0 Å². The lowest BCUT2D eigenvalue weighted by Crippen LogP contribution is -1.77. The summed E-state index contributed by atoms with van der Waals surface area (Å²) in [5.74, 6) is 1.63. The van der Waals surface area contributed by atoms with E-state index in [9.17, 15) is 0 Å². The van der Waals surface area contributed by atoms with Gasteiger partial charge in [0, 0.05) is 11.0 Å². The summed E-state index contributed by atoms with van der Waals surface area (Å²) in [7, 11) is 0. The van der Waals surface area contributed by atoms with Gasteiger partial charge in [0.25, 0.3) is 0 Å². The maximum absolute atomic E-state index is 6.03. The summed E-state index contributed by atoms with van der Waals surface area (Å²) in [6.45, 7) is 1.91. The van der Waals surface area contributed by atoms with Crippen LogP contribution in [-0.2, 0) is 5.75 Å². The predicted octanol–water partition coefficient (Wildman–Crippen LogP) is 3.93. The van der Waals surface area contributed by atoms with Crippen LogP contribution in [-0.4, -0.2) is 5.16 Å². The monoisotopic (exact) mass is 239 g/mol. The molecule has 0 saturated carbocycles. The molecule has 1 aromatic carbocycles. The van der Waals surface area contributed by atoms with Gasteiger partial charge in [0.05, 0.1) is 16.5 Å². The van der Waals surface area contributed by atoms with Gasteiger partial charge in [-0.1, -0.05) is 28.9 Å². The number of aryl methyl sites for hydroxylation is 1. The number of hydrogen-bond donors (Lipinski definition) is 0. The van der Waals surface area contributed by atoms with E-state index in [1.807, 2.05) is 37.3 Å². The summed E-state index contributed by atoms with van der Waals surface area (Å²) < 4.78 is 5.11. The lowest BCUT2D eigenvalue weighted by atomic mass is 10.4. The first-order chi connectivity index (χ1) is 7.25. The molecular formula is C11H10ClNOS. The molecule has 2 nitrogen and oxygen atoms in total. The normalized spacial score (nSPS) is 10.5. The maximum Gasteiger partial charge on any atom is 0.147 e. The molecule has 0 amide bonds. The second-order valence-electron chi connectivity index (χ2n) is 3.15. The van der Waals surface area contributed by atoms with Crippen molar-refractivity contribution in [3.8, 4) is 0 Å². The van der Waals surface area contributed by atoms with Crippen molar-refractivity contribution >= 4 is 23.4 Å². The second kappa shape index (κ2) is 4.73. The van der Waals surface area contributed by atoms with E-state index in [2.05, 4.69) is 5.16 Å². The molecule has 0 aliphatic heterocycles. The first-order valence-electron chi connectivity index (χ1n) is 4.55. The molecular weight excluding hydrogens is 230 g/mol. The number of aromatic nitrogens is 1. The van der Waals surface area contributed by atoms with Gasteiger partial charge in [-0.05, 0) is 19.1 Å². The number of rotatable bonds is 3. The highest BCUT2D eigenvalue weighted by atomic mass is 35.5. The highest BCUT2D eigenvalue weighted by Crippen LogP contribution is 2.29. The van der Waals surface area contributed by atoms with Gasteiger partial charge < -0.3 is 4.52 Å². The van der Waals surface area contributed by atoms with Gasteiger partial charge in [-0.15, -0.1) is 11.8 Å². The Hall–Kier alpha value is -0.930. The van der Waals surface area contributed by atoms with Crippen molar-refractivity contribution in [1.29, 1.82) is 0 Å². The Bertz CT molecular complexity index is 455. The zero-order valence-electron chi connectivity index (χ0n) is 8.24. The molecule has 0 bridgehead atoms. The minimum Gasteiger partial charge on any atom is -0.360 e. The van der Waals surface area contributed by atoms with Crippen LogP contribution in [0.1, 0.15) is 11.5 Å². The molecule has 0 fully saturated rings. The standard InChI is InChI=1S/C11H10ClNOS/c1-8-6-9(14-13-8)7-15-11-5-3-2-4-10(11)12/h2-6H,7H2,1H3. The van der Waals surface area contributed by atoms with Crippen molar-refractivity contribution < 1.29 is 4.52 Å². The molecule has 0 radical (unpaired) electrons. The Morgan fingerprint density at radius 3 is 2.87 bits per heavy atom. The molecule has 15 heavy (non-hydrogen) atoms. The molecule has 0 spiro atoms. The van der Waals surface area contributed by atoms with Crippen molar-refractivity contribution in [2.45, 2.75) is 17.6 Å². The van der Waals surface area contributed by atoms with E-state index < -0.39 is 0 Å². The van der Waals surface area contributed by atoms with E-state index in [1.54, 1.807) is 11.8 Å². The van der Waals surface area contributed by atoms with Gasteiger partial charge >= 0.3 is 0 Å². The molecule has 2 aromatic rings. The molecule has 0 unspecified atom stereocenters. The van der Waals surface area contributed by atoms with Crippen molar-refractivity contribution in [1.82, 2.24) is 5.16 Å². The van der Waals surface area contributed by atoms with E-state index >= 15 is 0 Å². The van der Waals surface area contributed by atoms with Crippen LogP contribution in [0.25, 0.3) is 0 Å². The Labute approximate surface area is 97.6 Å². The number of halogens is 1. The first kappa shape index (κ1) is 10.6. The fourth-order valence-corrected chi connectivity index (χ4v) is 2.31. The van der Waals surface area contributed by atoms with E-state index in [4.69, 9.17) is 16.1 Å². The maximum atomic E-state index is 6.03. The SMILES string of the molecule is Cc1cc(CSc2ccccc2Cl)on1. The highest BCUT2D eigenvalue weighted by molar-refractivity contribution is 7.98. The Morgan fingerprint density at radius 1 is 1.40 bits per heavy atom. The Morgan fingerprint density at radius 2 is 2.20 bits per heavy atom. The molecule has 2 rings (SSSR count). The summed E-state index contributed by atoms with van der Waals surface area (Å²) in [5.41, 5.74) is 0.907. The molecule has 1 aromatic heterocycles. The number of hydrogen-bond acceptors (Lipinski definition) is 3. The quantitative estimate of drug-likeness (QED) is 0.759. The van der Waals surface area contributed by atoms with E-state index in [0.717, 1.165) is 27.1 Å². The smallest absolute Gasteiger partial charge is 0.147 e. The number of benzene rings is 1. The summed E-state index contributed by atoms with van der Waals surface area (Å²) in [6.07, 6.45) is 0. The van der Waals surface area contributed by atoms with Crippen molar-refractivity contribution in [2.75, 3.05) is 0 Å². The van der Waals surface area contributed by atoms with Crippen LogP contribution in [0.5, 0.6) is 0 Å². The molecule has 78 valence electrons. The van der Waals surface area contributed by atoms with E-state index in [1.165, 1.54) is 0 Å². The van der Waals surface area contributed by atoms with Crippen molar-refractivity contribution in [3.05, 3.63) is 46.8 Å². The highest BCUT2D eigenvalue weighted by Gasteiger charge is 2.04. The van der Waals surface area contributed by atoms with Crippen LogP contribution in [0, 0.1) is 6.92 Å². The molecule has 4 heteroatoms. The lowest BCUT2D eigenvalue weighted by molar-refractivity contribution is 0.391. The first-order valence-corrected chi connectivity index (χ1v) is 5.91. The third kappa shape index (κ3) is 2.76. The summed E-state index contributed by atoms with van der Waals surface area (Å²) in [6, 6.07) is 9.71. The van der Waals surface area contributed by atoms with Crippen molar-refractivity contribution in [2.24, 2.45) is 0 Å². The van der Waals surface area contributed by atoms with Gasteiger partial charge in [-0.3, -0.25) is 0 Å². The van der Waals surface area contributed by atoms with Crippen LogP contribution in [0.4, 0.5) is 0 Å². The van der Waals surface area contributed by atoms with Crippen LogP contribution >= 0.6 is 23.4 Å². The van der Waals surface area contributed by atoms with Crippen LogP contribution in [0.2, 0.25) is 5.02 Å². The Kier molecular flexibility index (Phi) is 3.34. The third-order valence-electron chi connectivity index (χ3n) is 1.88. The number of nitrogens with zero attached hydrogens (tertiary/aromatic N) is 1. The van der Waals surface area contributed by atoms with E-state index in [-0.39, 0.29) is 0 Å². The Balaban J connectivity index is 2.02. The average Bonchev–Trinajstić information content (AvgIpc) is 2.63. The zero-order chi connectivity index (χ0) is 10.7. The third-order valence-corrected chi connectivity index (χ3v) is 3.42. The number of thioether (sulfide) groups is 1.